The molecule has 1 amide bonds. The molecule has 0 aliphatic heterocycles. The van der Waals surface area contributed by atoms with Crippen molar-refractivity contribution >= 4 is 21.8 Å². The Balaban J connectivity index is 2.23. The number of methoxy groups -OCH3 is 1. The van der Waals surface area contributed by atoms with E-state index in [4.69, 9.17) is 9.47 Å². The number of carbonyl (C=O) groups excluding carboxylic acids is 1. The van der Waals surface area contributed by atoms with Crippen molar-refractivity contribution < 1.29 is 27.4 Å². The van der Waals surface area contributed by atoms with Crippen molar-refractivity contribution in [1.29, 1.82) is 0 Å². The molecular formula is C17H15BrF3NO3. The number of carbonyl (C=O) groups is 1. The largest absolute Gasteiger partial charge is 0.497 e. The first kappa shape index (κ1) is 19.1. The van der Waals surface area contributed by atoms with Crippen LogP contribution in [0.15, 0.2) is 46.9 Å². The van der Waals surface area contributed by atoms with Gasteiger partial charge in [0.05, 0.1) is 7.11 Å². The van der Waals surface area contributed by atoms with E-state index in [1.807, 2.05) is 0 Å². The molecule has 0 spiro atoms. The standard InChI is InChI=1S/C17H15BrF3NO3/c1-22(16(23)17(19,20)21)10-11-3-4-12(18)9-15(11)25-14-7-5-13(24-2)6-8-14/h3-9H,10H2,1-2H3. The molecule has 0 aliphatic rings. The average molecular weight is 418 g/mol. The van der Waals surface area contributed by atoms with Gasteiger partial charge in [-0.3, -0.25) is 4.79 Å². The number of amides is 1. The zero-order valence-electron chi connectivity index (χ0n) is 13.4. The molecule has 0 fully saturated rings. The Morgan fingerprint density at radius 3 is 2.28 bits per heavy atom. The van der Waals surface area contributed by atoms with Crippen molar-refractivity contribution in [3.63, 3.8) is 0 Å². The second kappa shape index (κ2) is 7.77. The quantitative estimate of drug-likeness (QED) is 0.703. The lowest BCUT2D eigenvalue weighted by atomic mass is 10.2. The van der Waals surface area contributed by atoms with Gasteiger partial charge in [0.1, 0.15) is 17.2 Å². The van der Waals surface area contributed by atoms with Crippen LogP contribution in [0.25, 0.3) is 0 Å². The highest BCUT2D eigenvalue weighted by Gasteiger charge is 2.41. The third-order valence-electron chi connectivity index (χ3n) is 3.31. The van der Waals surface area contributed by atoms with Gasteiger partial charge in [-0.05, 0) is 36.4 Å². The minimum absolute atomic E-state index is 0.239. The molecule has 0 bridgehead atoms. The van der Waals surface area contributed by atoms with Crippen molar-refractivity contribution in [1.82, 2.24) is 4.90 Å². The van der Waals surface area contributed by atoms with Crippen LogP contribution in [0.1, 0.15) is 5.56 Å². The lowest BCUT2D eigenvalue weighted by molar-refractivity contribution is -0.184. The van der Waals surface area contributed by atoms with Crippen molar-refractivity contribution in [3.05, 3.63) is 52.5 Å². The molecule has 0 N–H and O–H groups in total. The summed E-state index contributed by atoms with van der Waals surface area (Å²) in [4.78, 5) is 11.9. The number of hydrogen-bond donors (Lipinski definition) is 0. The average Bonchev–Trinajstić information content (AvgIpc) is 2.56. The summed E-state index contributed by atoms with van der Waals surface area (Å²) in [6.07, 6.45) is -4.92. The highest BCUT2D eigenvalue weighted by molar-refractivity contribution is 9.10. The number of ether oxygens (including phenoxy) is 2. The topological polar surface area (TPSA) is 38.8 Å². The molecule has 4 nitrogen and oxygen atoms in total. The van der Waals surface area contributed by atoms with E-state index < -0.39 is 12.1 Å². The number of nitrogens with zero attached hydrogens (tertiary/aromatic N) is 1. The van der Waals surface area contributed by atoms with E-state index in [-0.39, 0.29) is 6.54 Å². The summed E-state index contributed by atoms with van der Waals surface area (Å²) < 4.78 is 49.1. The number of halogens is 4. The normalized spacial score (nSPS) is 11.1. The SMILES string of the molecule is COc1ccc(Oc2cc(Br)ccc2CN(C)C(=O)C(F)(F)F)cc1. The van der Waals surface area contributed by atoms with Crippen LogP contribution in [0.2, 0.25) is 0 Å². The highest BCUT2D eigenvalue weighted by Crippen LogP contribution is 2.31. The van der Waals surface area contributed by atoms with Gasteiger partial charge in [-0.1, -0.05) is 22.0 Å². The molecular weight excluding hydrogens is 403 g/mol. The summed E-state index contributed by atoms with van der Waals surface area (Å²) in [5, 5.41) is 0. The van der Waals surface area contributed by atoms with Crippen molar-refractivity contribution in [2.45, 2.75) is 12.7 Å². The van der Waals surface area contributed by atoms with E-state index in [0.29, 0.717) is 32.2 Å². The van der Waals surface area contributed by atoms with E-state index in [1.54, 1.807) is 42.5 Å². The summed E-state index contributed by atoms with van der Waals surface area (Å²) in [7, 11) is 2.63. The summed E-state index contributed by atoms with van der Waals surface area (Å²) in [6, 6.07) is 11.7. The van der Waals surface area contributed by atoms with Crippen LogP contribution < -0.4 is 9.47 Å². The fourth-order valence-electron chi connectivity index (χ4n) is 2.07. The molecule has 0 radical (unpaired) electrons. The van der Waals surface area contributed by atoms with Gasteiger partial charge in [0.2, 0.25) is 0 Å². The minimum Gasteiger partial charge on any atom is -0.497 e. The Hall–Kier alpha value is -2.22. The maximum Gasteiger partial charge on any atom is 0.471 e. The first-order valence-electron chi connectivity index (χ1n) is 7.13. The Bertz CT molecular complexity index is 748. The Kier molecular flexibility index (Phi) is 5.94. The van der Waals surface area contributed by atoms with Crippen LogP contribution in [0.3, 0.4) is 0 Å². The molecule has 0 saturated carbocycles. The van der Waals surface area contributed by atoms with Crippen molar-refractivity contribution in [2.75, 3.05) is 14.2 Å². The zero-order valence-corrected chi connectivity index (χ0v) is 15.0. The van der Waals surface area contributed by atoms with Gasteiger partial charge in [0, 0.05) is 23.6 Å². The van der Waals surface area contributed by atoms with Crippen LogP contribution >= 0.6 is 15.9 Å². The van der Waals surface area contributed by atoms with Gasteiger partial charge in [0.25, 0.3) is 0 Å². The van der Waals surface area contributed by atoms with Gasteiger partial charge >= 0.3 is 12.1 Å². The molecule has 0 atom stereocenters. The number of alkyl halides is 3. The lowest BCUT2D eigenvalue weighted by Gasteiger charge is -2.20. The van der Waals surface area contributed by atoms with Crippen molar-refractivity contribution in [2.24, 2.45) is 0 Å². The van der Waals surface area contributed by atoms with Crippen molar-refractivity contribution in [3.8, 4) is 17.2 Å². The first-order chi connectivity index (χ1) is 11.7. The van der Waals surface area contributed by atoms with Gasteiger partial charge in [-0.15, -0.1) is 0 Å². The van der Waals surface area contributed by atoms with Gasteiger partial charge in [0.15, 0.2) is 0 Å². The maximum absolute atomic E-state index is 12.5. The summed E-state index contributed by atoms with van der Waals surface area (Å²) >= 11 is 3.30. The highest BCUT2D eigenvalue weighted by atomic mass is 79.9. The summed E-state index contributed by atoms with van der Waals surface area (Å²) in [5.41, 5.74) is 0.444. The fourth-order valence-corrected chi connectivity index (χ4v) is 2.41. The van der Waals surface area contributed by atoms with Gasteiger partial charge in [-0.2, -0.15) is 13.2 Å². The molecule has 0 unspecified atom stereocenters. The Labute approximate surface area is 151 Å². The van der Waals surface area contributed by atoms with E-state index in [9.17, 15) is 18.0 Å². The smallest absolute Gasteiger partial charge is 0.471 e. The zero-order chi connectivity index (χ0) is 18.6. The fraction of sp³-hybridized carbons (Fsp3) is 0.235. The van der Waals surface area contributed by atoms with Crippen LogP contribution in [-0.4, -0.2) is 31.1 Å². The Morgan fingerprint density at radius 1 is 1.12 bits per heavy atom. The molecule has 2 aromatic rings. The van der Waals surface area contributed by atoms with E-state index in [2.05, 4.69) is 15.9 Å². The molecule has 8 heteroatoms. The molecule has 2 rings (SSSR count). The molecule has 134 valence electrons. The maximum atomic E-state index is 12.5. The molecule has 0 aromatic heterocycles. The molecule has 2 aromatic carbocycles. The lowest BCUT2D eigenvalue weighted by Crippen LogP contribution is -2.38. The minimum atomic E-state index is -4.92. The van der Waals surface area contributed by atoms with Gasteiger partial charge < -0.3 is 14.4 Å². The third kappa shape index (κ3) is 5.12. The van der Waals surface area contributed by atoms with Crippen LogP contribution in [0.4, 0.5) is 13.2 Å². The third-order valence-corrected chi connectivity index (χ3v) is 3.81. The van der Waals surface area contributed by atoms with E-state index in [0.717, 1.165) is 7.05 Å². The van der Waals surface area contributed by atoms with Gasteiger partial charge in [-0.25, -0.2) is 0 Å². The van der Waals surface area contributed by atoms with E-state index >= 15 is 0 Å². The monoisotopic (exact) mass is 417 g/mol. The molecule has 0 aliphatic carbocycles. The van der Waals surface area contributed by atoms with E-state index in [1.165, 1.54) is 7.11 Å². The second-order valence-electron chi connectivity index (χ2n) is 5.19. The first-order valence-corrected chi connectivity index (χ1v) is 7.92. The predicted molar refractivity (Wildman–Crippen MR) is 89.7 cm³/mol. The number of benzene rings is 2. The Morgan fingerprint density at radius 2 is 1.72 bits per heavy atom. The molecule has 0 saturated heterocycles. The summed E-state index contributed by atoms with van der Waals surface area (Å²) in [5.74, 6) is -0.422. The van der Waals surface area contributed by atoms with Crippen LogP contribution in [0.5, 0.6) is 17.2 Å². The predicted octanol–water partition coefficient (Wildman–Crippen LogP) is 4.77. The molecule has 0 heterocycles. The second-order valence-corrected chi connectivity index (χ2v) is 6.10. The van der Waals surface area contributed by atoms with Crippen LogP contribution in [-0.2, 0) is 11.3 Å². The molecule has 25 heavy (non-hydrogen) atoms. The number of rotatable bonds is 5. The van der Waals surface area contributed by atoms with Crippen LogP contribution in [0, 0.1) is 0 Å². The number of hydrogen-bond acceptors (Lipinski definition) is 3. The summed E-state index contributed by atoms with van der Waals surface area (Å²) in [6.45, 7) is -0.239.